The first-order valence-corrected chi connectivity index (χ1v) is 7.84. The van der Waals surface area contributed by atoms with Gasteiger partial charge in [-0.25, -0.2) is 0 Å². The molecule has 0 heterocycles. The Kier molecular flexibility index (Phi) is 6.84. The van der Waals surface area contributed by atoms with Crippen molar-refractivity contribution in [3.63, 3.8) is 0 Å². The summed E-state index contributed by atoms with van der Waals surface area (Å²) >= 11 is 1.19. The molecule has 1 aromatic rings. The highest BCUT2D eigenvalue weighted by molar-refractivity contribution is 7.99. The zero-order chi connectivity index (χ0) is 16.7. The van der Waals surface area contributed by atoms with E-state index in [0.29, 0.717) is 17.9 Å². The van der Waals surface area contributed by atoms with E-state index in [1.54, 1.807) is 12.1 Å². The average molecular weight is 326 g/mol. The summed E-state index contributed by atoms with van der Waals surface area (Å²) in [5.41, 5.74) is 0.737. The van der Waals surface area contributed by atoms with E-state index >= 15 is 0 Å². The summed E-state index contributed by atoms with van der Waals surface area (Å²) in [4.78, 5) is 32.9. The smallest absolute Gasteiger partial charge is 0.313 e. The van der Waals surface area contributed by atoms with Crippen molar-refractivity contribution < 1.29 is 19.6 Å². The van der Waals surface area contributed by atoms with Crippen LogP contribution in [0.5, 0.6) is 0 Å². The Morgan fingerprint density at radius 3 is 2.64 bits per heavy atom. The van der Waals surface area contributed by atoms with E-state index < -0.39 is 16.8 Å². The molecular weight excluding hydrogens is 308 g/mol. The Labute approximate surface area is 132 Å². The number of hydrogen-bond acceptors (Lipinski definition) is 5. The lowest BCUT2D eigenvalue weighted by Gasteiger charge is -2.09. The van der Waals surface area contributed by atoms with Crippen LogP contribution in [0.1, 0.15) is 35.7 Å². The van der Waals surface area contributed by atoms with Crippen molar-refractivity contribution in [1.82, 2.24) is 5.32 Å². The molecule has 0 unspecified atom stereocenters. The predicted octanol–water partition coefficient (Wildman–Crippen LogP) is 2.27. The van der Waals surface area contributed by atoms with Crippen LogP contribution in [0.25, 0.3) is 0 Å². The second-order valence-corrected chi connectivity index (χ2v) is 5.99. The lowest BCUT2D eigenvalue weighted by atomic mass is 9.99. The number of nitro benzene ring substituents is 1. The SMILES string of the molecule is CC(C)c1ccc(C(=O)NCCSCC(=O)O)cc1[N+](=O)[O-]. The van der Waals surface area contributed by atoms with Gasteiger partial charge in [0.15, 0.2) is 0 Å². The van der Waals surface area contributed by atoms with Crippen molar-refractivity contribution in [3.8, 4) is 0 Å². The van der Waals surface area contributed by atoms with Gasteiger partial charge in [-0.3, -0.25) is 19.7 Å². The predicted molar refractivity (Wildman–Crippen MR) is 84.5 cm³/mol. The minimum Gasteiger partial charge on any atom is -0.481 e. The molecule has 1 rings (SSSR count). The summed E-state index contributed by atoms with van der Waals surface area (Å²) in [5, 5.41) is 22.2. The molecule has 0 aliphatic carbocycles. The normalized spacial score (nSPS) is 10.5. The molecule has 0 fully saturated rings. The summed E-state index contributed by atoms with van der Waals surface area (Å²) in [6.45, 7) is 4.00. The molecule has 0 saturated heterocycles. The fourth-order valence-electron chi connectivity index (χ4n) is 1.83. The lowest BCUT2D eigenvalue weighted by molar-refractivity contribution is -0.385. The van der Waals surface area contributed by atoms with Crippen molar-refractivity contribution in [3.05, 3.63) is 39.4 Å². The van der Waals surface area contributed by atoms with Gasteiger partial charge >= 0.3 is 5.97 Å². The number of benzene rings is 1. The van der Waals surface area contributed by atoms with Crippen molar-refractivity contribution in [2.24, 2.45) is 0 Å². The van der Waals surface area contributed by atoms with Gasteiger partial charge in [0.1, 0.15) is 0 Å². The fraction of sp³-hybridized carbons (Fsp3) is 0.429. The van der Waals surface area contributed by atoms with Crippen LogP contribution in [-0.4, -0.2) is 40.0 Å². The van der Waals surface area contributed by atoms with Gasteiger partial charge < -0.3 is 10.4 Å². The van der Waals surface area contributed by atoms with Crippen molar-refractivity contribution >= 4 is 29.3 Å². The van der Waals surface area contributed by atoms with Crippen LogP contribution in [0.2, 0.25) is 0 Å². The number of hydrogen-bond donors (Lipinski definition) is 2. The Bertz CT molecular complexity index is 574. The number of amides is 1. The van der Waals surface area contributed by atoms with Crippen LogP contribution in [0, 0.1) is 10.1 Å². The molecular formula is C14H18N2O5S. The first-order chi connectivity index (χ1) is 10.3. The van der Waals surface area contributed by atoms with Gasteiger partial charge in [-0.1, -0.05) is 19.9 Å². The van der Waals surface area contributed by atoms with Crippen LogP contribution in [-0.2, 0) is 4.79 Å². The van der Waals surface area contributed by atoms with Crippen LogP contribution in [0.15, 0.2) is 18.2 Å². The highest BCUT2D eigenvalue weighted by Crippen LogP contribution is 2.27. The highest BCUT2D eigenvalue weighted by Gasteiger charge is 2.19. The Balaban J connectivity index is 2.68. The number of nitro groups is 1. The van der Waals surface area contributed by atoms with Crippen LogP contribution < -0.4 is 5.32 Å². The van der Waals surface area contributed by atoms with Crippen molar-refractivity contribution in [2.45, 2.75) is 19.8 Å². The molecule has 1 aromatic carbocycles. The summed E-state index contributed by atoms with van der Waals surface area (Å²) in [6.07, 6.45) is 0. The Hall–Kier alpha value is -2.09. The largest absolute Gasteiger partial charge is 0.481 e. The zero-order valence-electron chi connectivity index (χ0n) is 12.4. The van der Waals surface area contributed by atoms with Crippen LogP contribution >= 0.6 is 11.8 Å². The van der Waals surface area contributed by atoms with Crippen molar-refractivity contribution in [2.75, 3.05) is 18.1 Å². The van der Waals surface area contributed by atoms with Gasteiger partial charge in [0.05, 0.1) is 10.7 Å². The minimum absolute atomic E-state index is 0.00932. The second kappa shape index (κ2) is 8.38. The molecule has 120 valence electrons. The van der Waals surface area contributed by atoms with Gasteiger partial charge in [-0.2, -0.15) is 0 Å². The summed E-state index contributed by atoms with van der Waals surface area (Å²) < 4.78 is 0. The molecule has 0 aliphatic heterocycles. The second-order valence-electron chi connectivity index (χ2n) is 4.89. The number of carboxylic acid groups (broad SMARTS) is 1. The van der Waals surface area contributed by atoms with E-state index in [1.165, 1.54) is 17.8 Å². The number of aliphatic carboxylic acids is 1. The fourth-order valence-corrected chi connectivity index (χ4v) is 2.39. The third-order valence-electron chi connectivity index (χ3n) is 2.87. The number of nitrogens with zero attached hydrogens (tertiary/aromatic N) is 1. The number of carbonyl (C=O) groups is 2. The number of thioether (sulfide) groups is 1. The van der Waals surface area contributed by atoms with Crippen molar-refractivity contribution in [1.29, 1.82) is 0 Å². The molecule has 8 heteroatoms. The molecule has 0 aromatic heterocycles. The summed E-state index contributed by atoms with van der Waals surface area (Å²) in [7, 11) is 0. The third-order valence-corrected chi connectivity index (χ3v) is 3.81. The highest BCUT2D eigenvalue weighted by atomic mass is 32.2. The Morgan fingerprint density at radius 2 is 2.09 bits per heavy atom. The standard InChI is InChI=1S/C14H18N2O5S/c1-9(2)11-4-3-10(7-12(11)16(20)21)14(19)15-5-6-22-8-13(17)18/h3-4,7,9H,5-6,8H2,1-2H3,(H,15,19)(H,17,18). The van der Waals surface area contributed by atoms with Gasteiger partial charge in [0.25, 0.3) is 11.6 Å². The topological polar surface area (TPSA) is 110 Å². The maximum absolute atomic E-state index is 11.9. The summed E-state index contributed by atoms with van der Waals surface area (Å²) in [6, 6.07) is 4.42. The van der Waals surface area contributed by atoms with E-state index in [9.17, 15) is 19.7 Å². The van der Waals surface area contributed by atoms with E-state index in [0.717, 1.165) is 0 Å². The van der Waals surface area contributed by atoms with Gasteiger partial charge in [0.2, 0.25) is 0 Å². The average Bonchev–Trinajstić information content (AvgIpc) is 2.45. The molecule has 0 atom stereocenters. The number of rotatable bonds is 8. The molecule has 0 radical (unpaired) electrons. The maximum atomic E-state index is 11.9. The van der Waals surface area contributed by atoms with Gasteiger partial charge in [-0.15, -0.1) is 11.8 Å². The first kappa shape index (κ1) is 18.0. The minimum atomic E-state index is -0.906. The molecule has 0 bridgehead atoms. The third kappa shape index (κ3) is 5.36. The first-order valence-electron chi connectivity index (χ1n) is 6.69. The van der Waals surface area contributed by atoms with E-state index in [1.807, 2.05) is 13.8 Å². The van der Waals surface area contributed by atoms with E-state index in [-0.39, 0.29) is 22.9 Å². The van der Waals surface area contributed by atoms with Crippen LogP contribution in [0.4, 0.5) is 5.69 Å². The molecule has 22 heavy (non-hydrogen) atoms. The molecule has 0 aliphatic rings. The number of carboxylic acids is 1. The molecule has 7 nitrogen and oxygen atoms in total. The van der Waals surface area contributed by atoms with Gasteiger partial charge in [0, 0.05) is 29.5 Å². The lowest BCUT2D eigenvalue weighted by Crippen LogP contribution is -2.26. The Morgan fingerprint density at radius 1 is 1.41 bits per heavy atom. The molecule has 1 amide bonds. The van der Waals surface area contributed by atoms with Crippen LogP contribution in [0.3, 0.4) is 0 Å². The number of nitrogens with one attached hydrogen (secondary N) is 1. The number of carbonyl (C=O) groups excluding carboxylic acids is 1. The monoisotopic (exact) mass is 326 g/mol. The summed E-state index contributed by atoms with van der Waals surface area (Å²) in [5.74, 6) is -0.884. The molecule has 0 spiro atoms. The van der Waals surface area contributed by atoms with Gasteiger partial charge in [-0.05, 0) is 12.0 Å². The zero-order valence-corrected chi connectivity index (χ0v) is 13.2. The maximum Gasteiger partial charge on any atom is 0.313 e. The van der Waals surface area contributed by atoms with E-state index in [2.05, 4.69) is 5.32 Å². The quantitative estimate of drug-likeness (QED) is 0.431. The molecule has 0 saturated carbocycles. The van der Waals surface area contributed by atoms with E-state index in [4.69, 9.17) is 5.11 Å². The molecule has 2 N–H and O–H groups in total.